The number of nitrogens with one attached hydrogen (secondary N) is 3. The molecule has 9 heteroatoms. The summed E-state index contributed by atoms with van der Waals surface area (Å²) in [5.41, 5.74) is 10.2. The maximum atomic E-state index is 12.1. The Morgan fingerprint density at radius 2 is 1.56 bits per heavy atom. The first-order chi connectivity index (χ1) is 15.5. The quantitative estimate of drug-likeness (QED) is 0.177. The average molecular weight is 438 g/mol. The lowest BCUT2D eigenvalue weighted by molar-refractivity contribution is -0.129. The Morgan fingerprint density at radius 3 is 2.22 bits per heavy atom. The van der Waals surface area contributed by atoms with Crippen molar-refractivity contribution in [1.82, 2.24) is 15.4 Å². The van der Waals surface area contributed by atoms with Gasteiger partial charge >= 0.3 is 0 Å². The fourth-order valence-corrected chi connectivity index (χ4v) is 3.46. The highest BCUT2D eigenvalue weighted by atomic mass is 16.5. The van der Waals surface area contributed by atoms with Gasteiger partial charge in [-0.15, -0.1) is 0 Å². The lowest BCUT2D eigenvalue weighted by Gasteiger charge is -2.06. The molecule has 6 N–H and O–H groups in total. The summed E-state index contributed by atoms with van der Waals surface area (Å²) in [7, 11) is 0. The number of hydroxylamine groups is 1. The van der Waals surface area contributed by atoms with E-state index in [0.717, 1.165) is 43.2 Å². The van der Waals surface area contributed by atoms with Crippen LogP contribution in [-0.2, 0) is 9.59 Å². The van der Waals surface area contributed by atoms with Crippen LogP contribution in [0.2, 0.25) is 0 Å². The Morgan fingerprint density at radius 1 is 0.906 bits per heavy atom. The summed E-state index contributed by atoms with van der Waals surface area (Å²) < 4.78 is 0. The Bertz CT molecular complexity index is 1090. The maximum absolute atomic E-state index is 12.1. The van der Waals surface area contributed by atoms with Crippen molar-refractivity contribution >= 4 is 34.4 Å². The van der Waals surface area contributed by atoms with Crippen LogP contribution in [0.5, 0.6) is 0 Å². The number of unbranched alkanes of at least 4 members (excludes halogenated alkanes) is 4. The van der Waals surface area contributed by atoms with Gasteiger partial charge in [0.15, 0.2) is 0 Å². The number of H-pyrrole nitrogens is 1. The summed E-state index contributed by atoms with van der Waals surface area (Å²) in [6.45, 7) is 0. The molecule has 0 saturated carbocycles. The number of primary amides is 1. The van der Waals surface area contributed by atoms with Gasteiger partial charge in [0, 0.05) is 24.1 Å². The van der Waals surface area contributed by atoms with Gasteiger partial charge in [-0.1, -0.05) is 25.3 Å². The van der Waals surface area contributed by atoms with E-state index in [1.807, 2.05) is 30.3 Å². The molecule has 0 saturated heterocycles. The van der Waals surface area contributed by atoms with E-state index in [1.54, 1.807) is 17.6 Å². The average Bonchev–Trinajstić information content (AvgIpc) is 3.23. The minimum Gasteiger partial charge on any atom is -0.366 e. The second kappa shape index (κ2) is 11.1. The number of aromatic amines is 1. The van der Waals surface area contributed by atoms with Crippen molar-refractivity contribution < 1.29 is 19.6 Å². The number of carbonyl (C=O) groups excluding carboxylic acids is 3. The molecular weight excluding hydrogens is 410 g/mol. The molecule has 3 aromatic rings. The Hall–Kier alpha value is -3.72. The normalized spacial score (nSPS) is 10.8. The van der Waals surface area contributed by atoms with Crippen molar-refractivity contribution in [3.05, 3.63) is 48.0 Å². The van der Waals surface area contributed by atoms with Crippen LogP contribution in [0.25, 0.3) is 22.4 Å². The number of hydrogen-bond donors (Lipinski definition) is 5. The van der Waals surface area contributed by atoms with E-state index in [4.69, 9.17) is 10.9 Å². The number of para-hydroxylation sites is 1. The largest absolute Gasteiger partial charge is 0.366 e. The highest BCUT2D eigenvalue weighted by Gasteiger charge is 2.12. The van der Waals surface area contributed by atoms with Crippen molar-refractivity contribution in [1.29, 1.82) is 0 Å². The maximum Gasteiger partial charge on any atom is 0.250 e. The smallest absolute Gasteiger partial charge is 0.250 e. The molecule has 32 heavy (non-hydrogen) atoms. The van der Waals surface area contributed by atoms with Gasteiger partial charge in [-0.05, 0) is 49.2 Å². The van der Waals surface area contributed by atoms with Crippen molar-refractivity contribution in [2.75, 3.05) is 5.32 Å². The predicted octanol–water partition coefficient (Wildman–Crippen LogP) is 3.50. The molecule has 0 radical (unpaired) electrons. The number of imidazole rings is 1. The lowest BCUT2D eigenvalue weighted by Crippen LogP contribution is -2.17. The Labute approximate surface area is 185 Å². The first-order valence-corrected chi connectivity index (χ1v) is 10.6. The summed E-state index contributed by atoms with van der Waals surface area (Å²) in [5.74, 6) is -0.331. The molecule has 0 bridgehead atoms. The Kier molecular flexibility index (Phi) is 7.93. The molecule has 0 unspecified atom stereocenters. The van der Waals surface area contributed by atoms with E-state index >= 15 is 0 Å². The van der Waals surface area contributed by atoms with Crippen molar-refractivity contribution in [2.24, 2.45) is 5.73 Å². The number of rotatable bonds is 11. The molecule has 0 aliphatic heterocycles. The van der Waals surface area contributed by atoms with Gasteiger partial charge in [0.25, 0.3) is 5.91 Å². The molecule has 3 amide bonds. The highest BCUT2D eigenvalue weighted by molar-refractivity contribution is 6.04. The SMILES string of the molecule is NC(=O)c1cccc2[nH]c(-c3ccc(NC(=O)CCCCCCCC(=O)NO)cc3)nc12. The van der Waals surface area contributed by atoms with Gasteiger partial charge in [-0.3, -0.25) is 19.6 Å². The second-order valence-electron chi connectivity index (χ2n) is 7.58. The third-order valence-corrected chi connectivity index (χ3v) is 5.15. The van der Waals surface area contributed by atoms with E-state index in [0.29, 0.717) is 35.4 Å². The van der Waals surface area contributed by atoms with Crippen LogP contribution in [0.1, 0.15) is 55.3 Å². The molecule has 0 aliphatic carbocycles. The van der Waals surface area contributed by atoms with E-state index < -0.39 is 5.91 Å². The van der Waals surface area contributed by atoms with Crippen molar-refractivity contribution in [3.63, 3.8) is 0 Å². The number of carbonyl (C=O) groups is 3. The summed E-state index contributed by atoms with van der Waals surface area (Å²) in [4.78, 5) is 42.3. The van der Waals surface area contributed by atoms with Crippen LogP contribution in [0.15, 0.2) is 42.5 Å². The molecule has 3 rings (SSSR count). The van der Waals surface area contributed by atoms with E-state index in [-0.39, 0.29) is 11.8 Å². The van der Waals surface area contributed by atoms with Crippen LogP contribution in [0.3, 0.4) is 0 Å². The molecule has 9 nitrogen and oxygen atoms in total. The summed E-state index contributed by atoms with van der Waals surface area (Å²) in [6, 6.07) is 12.5. The number of nitrogens with two attached hydrogens (primary N) is 1. The van der Waals surface area contributed by atoms with E-state index in [2.05, 4.69) is 15.3 Å². The van der Waals surface area contributed by atoms with E-state index in [1.165, 1.54) is 0 Å². The third kappa shape index (κ3) is 6.14. The fraction of sp³-hybridized carbons (Fsp3) is 0.304. The van der Waals surface area contributed by atoms with Crippen LogP contribution < -0.4 is 16.5 Å². The summed E-state index contributed by atoms with van der Waals surface area (Å²) in [5, 5.41) is 11.3. The molecular formula is C23H27N5O4. The van der Waals surface area contributed by atoms with Gasteiger partial charge < -0.3 is 16.0 Å². The highest BCUT2D eigenvalue weighted by Crippen LogP contribution is 2.24. The zero-order valence-electron chi connectivity index (χ0n) is 17.7. The standard InChI is InChI=1S/C23H27N5O4/c24-22(31)17-7-6-8-18-21(17)27-23(26-18)15-11-13-16(14-12-15)25-19(29)9-4-2-1-3-5-10-20(30)28-32/h6-8,11-14,32H,1-5,9-10H2,(H2,24,31)(H,25,29)(H,26,27)(H,28,30). The number of fused-ring (bicyclic) bond motifs is 1. The minimum absolute atomic E-state index is 0.0488. The monoisotopic (exact) mass is 437 g/mol. The first-order valence-electron chi connectivity index (χ1n) is 10.6. The lowest BCUT2D eigenvalue weighted by atomic mass is 10.1. The van der Waals surface area contributed by atoms with Crippen LogP contribution in [0, 0.1) is 0 Å². The zero-order chi connectivity index (χ0) is 22.9. The number of amides is 3. The number of hydrogen-bond acceptors (Lipinski definition) is 5. The zero-order valence-corrected chi connectivity index (χ0v) is 17.7. The molecule has 0 atom stereocenters. The molecule has 2 aromatic carbocycles. The molecule has 168 valence electrons. The molecule has 0 aliphatic rings. The number of benzene rings is 2. The van der Waals surface area contributed by atoms with E-state index in [9.17, 15) is 14.4 Å². The predicted molar refractivity (Wildman–Crippen MR) is 121 cm³/mol. The van der Waals surface area contributed by atoms with Crippen LogP contribution in [-0.4, -0.2) is 32.9 Å². The first kappa shape index (κ1) is 23.0. The molecule has 1 heterocycles. The minimum atomic E-state index is -0.527. The summed E-state index contributed by atoms with van der Waals surface area (Å²) >= 11 is 0. The molecule has 0 spiro atoms. The molecule has 0 fully saturated rings. The van der Waals surface area contributed by atoms with Gasteiger partial charge in [-0.2, -0.15) is 0 Å². The number of anilines is 1. The number of aromatic nitrogens is 2. The fourth-order valence-electron chi connectivity index (χ4n) is 3.46. The van der Waals surface area contributed by atoms with Gasteiger partial charge in [0.05, 0.1) is 11.1 Å². The second-order valence-corrected chi connectivity index (χ2v) is 7.58. The summed E-state index contributed by atoms with van der Waals surface area (Å²) in [6.07, 6.45) is 4.98. The van der Waals surface area contributed by atoms with Crippen LogP contribution in [0.4, 0.5) is 5.69 Å². The Balaban J connectivity index is 1.47. The topological polar surface area (TPSA) is 150 Å². The van der Waals surface area contributed by atoms with Gasteiger partial charge in [0.2, 0.25) is 11.8 Å². The number of nitrogens with zero attached hydrogens (tertiary/aromatic N) is 1. The third-order valence-electron chi connectivity index (χ3n) is 5.15. The van der Waals surface area contributed by atoms with Crippen LogP contribution >= 0.6 is 0 Å². The van der Waals surface area contributed by atoms with Gasteiger partial charge in [0.1, 0.15) is 11.3 Å². The molecule has 1 aromatic heterocycles. The van der Waals surface area contributed by atoms with Gasteiger partial charge in [-0.25, -0.2) is 10.5 Å². The van der Waals surface area contributed by atoms with Crippen molar-refractivity contribution in [2.45, 2.75) is 44.9 Å². The van der Waals surface area contributed by atoms with Crippen molar-refractivity contribution in [3.8, 4) is 11.4 Å².